The van der Waals surface area contributed by atoms with Crippen LogP contribution in [0.5, 0.6) is 0 Å². The molecule has 0 bridgehead atoms. The van der Waals surface area contributed by atoms with Gasteiger partial charge in [0.15, 0.2) is 4.77 Å². The minimum Gasteiger partial charge on any atom is -0.330 e. The normalized spacial score (nSPS) is 11.1. The predicted octanol–water partition coefficient (Wildman–Crippen LogP) is 4.79. The van der Waals surface area contributed by atoms with Crippen LogP contribution >= 0.6 is 23.8 Å². The molecule has 1 heterocycles. The third-order valence-corrected chi connectivity index (χ3v) is 3.45. The molecule has 3 rings (SSSR count). The van der Waals surface area contributed by atoms with Gasteiger partial charge in [0.05, 0.1) is 16.7 Å². The molecule has 1 aromatic heterocycles. The number of halogens is 2. The van der Waals surface area contributed by atoms with Gasteiger partial charge in [0.25, 0.3) is 0 Å². The van der Waals surface area contributed by atoms with Crippen LogP contribution in [0.25, 0.3) is 16.7 Å². The molecule has 0 aliphatic rings. The Labute approximate surface area is 119 Å². The lowest BCUT2D eigenvalue weighted by molar-refractivity contribution is 0.625. The van der Waals surface area contributed by atoms with E-state index in [-0.39, 0.29) is 5.82 Å². The van der Waals surface area contributed by atoms with Gasteiger partial charge >= 0.3 is 0 Å². The Morgan fingerprint density at radius 2 is 2.00 bits per heavy atom. The van der Waals surface area contributed by atoms with E-state index < -0.39 is 0 Å². The minimum atomic E-state index is -0.284. The Morgan fingerprint density at radius 3 is 2.74 bits per heavy atom. The molecule has 96 valence electrons. The van der Waals surface area contributed by atoms with Gasteiger partial charge in [-0.2, -0.15) is 0 Å². The van der Waals surface area contributed by atoms with Crippen molar-refractivity contribution in [2.24, 2.45) is 0 Å². The van der Waals surface area contributed by atoms with Crippen molar-refractivity contribution in [3.8, 4) is 5.69 Å². The third-order valence-electron chi connectivity index (χ3n) is 2.93. The highest BCUT2D eigenvalue weighted by molar-refractivity contribution is 7.71. The number of nitrogens with one attached hydrogen (secondary N) is 1. The van der Waals surface area contributed by atoms with Crippen molar-refractivity contribution in [3.05, 3.63) is 57.6 Å². The summed E-state index contributed by atoms with van der Waals surface area (Å²) >= 11 is 11.3. The molecule has 0 aliphatic heterocycles. The van der Waals surface area contributed by atoms with Crippen molar-refractivity contribution in [2.75, 3.05) is 0 Å². The Bertz CT molecular complexity index is 815. The second kappa shape index (κ2) is 4.47. The molecule has 0 atom stereocenters. The maximum Gasteiger partial charge on any atom is 0.182 e. The molecule has 0 spiro atoms. The molecule has 2 nitrogen and oxygen atoms in total. The second-order valence-electron chi connectivity index (χ2n) is 4.41. The summed E-state index contributed by atoms with van der Waals surface area (Å²) < 4.78 is 15.8. The molecule has 0 unspecified atom stereocenters. The summed E-state index contributed by atoms with van der Waals surface area (Å²) in [5, 5.41) is 0.614. The highest BCUT2D eigenvalue weighted by atomic mass is 35.5. The topological polar surface area (TPSA) is 20.7 Å². The zero-order chi connectivity index (χ0) is 13.6. The fourth-order valence-corrected chi connectivity index (χ4v) is 2.66. The fourth-order valence-electron chi connectivity index (χ4n) is 2.18. The molecule has 2 aromatic carbocycles. The Hall–Kier alpha value is -1.65. The summed E-state index contributed by atoms with van der Waals surface area (Å²) in [5.41, 5.74) is 3.24. The van der Waals surface area contributed by atoms with Gasteiger partial charge in [-0.1, -0.05) is 11.6 Å². The van der Waals surface area contributed by atoms with Crippen molar-refractivity contribution in [2.45, 2.75) is 6.92 Å². The van der Waals surface area contributed by atoms with Gasteiger partial charge in [-0.25, -0.2) is 4.39 Å². The third kappa shape index (κ3) is 2.17. The van der Waals surface area contributed by atoms with Crippen LogP contribution in [0.15, 0.2) is 36.4 Å². The Kier molecular flexibility index (Phi) is 2.92. The molecular formula is C14H10ClFN2S. The summed E-state index contributed by atoms with van der Waals surface area (Å²) in [7, 11) is 0. The quantitative estimate of drug-likeness (QED) is 0.640. The van der Waals surface area contributed by atoms with Gasteiger partial charge in [0.2, 0.25) is 0 Å². The van der Waals surface area contributed by atoms with Crippen LogP contribution in [0, 0.1) is 17.5 Å². The average Bonchev–Trinajstić information content (AvgIpc) is 2.63. The van der Waals surface area contributed by atoms with E-state index >= 15 is 0 Å². The van der Waals surface area contributed by atoms with Crippen molar-refractivity contribution < 1.29 is 4.39 Å². The second-order valence-corrected chi connectivity index (χ2v) is 5.24. The van der Waals surface area contributed by atoms with E-state index in [0.29, 0.717) is 15.5 Å². The number of benzene rings is 2. The number of aryl methyl sites for hydroxylation is 1. The molecule has 1 N–H and O–H groups in total. The van der Waals surface area contributed by atoms with Crippen LogP contribution in [0.4, 0.5) is 4.39 Å². The highest BCUT2D eigenvalue weighted by Gasteiger charge is 2.08. The number of imidazole rings is 1. The Balaban J connectivity index is 2.38. The lowest BCUT2D eigenvalue weighted by atomic mass is 10.2. The van der Waals surface area contributed by atoms with Gasteiger partial charge in [-0.3, -0.25) is 4.57 Å². The first-order valence-corrected chi connectivity index (χ1v) is 6.51. The van der Waals surface area contributed by atoms with Crippen LogP contribution in [0.2, 0.25) is 5.02 Å². The molecule has 0 radical (unpaired) electrons. The maximum absolute atomic E-state index is 13.5. The number of H-pyrrole nitrogens is 1. The van der Waals surface area contributed by atoms with Crippen LogP contribution in [-0.2, 0) is 0 Å². The van der Waals surface area contributed by atoms with Crippen LogP contribution < -0.4 is 0 Å². The largest absolute Gasteiger partial charge is 0.330 e. The molecule has 0 amide bonds. The van der Waals surface area contributed by atoms with E-state index in [4.69, 9.17) is 23.8 Å². The van der Waals surface area contributed by atoms with E-state index in [1.54, 1.807) is 10.6 Å². The number of nitrogens with zero attached hydrogens (tertiary/aromatic N) is 1. The van der Waals surface area contributed by atoms with E-state index in [0.717, 1.165) is 16.6 Å². The zero-order valence-electron chi connectivity index (χ0n) is 10.1. The molecule has 19 heavy (non-hydrogen) atoms. The van der Waals surface area contributed by atoms with Crippen molar-refractivity contribution in [3.63, 3.8) is 0 Å². The first-order valence-electron chi connectivity index (χ1n) is 5.72. The highest BCUT2D eigenvalue weighted by Crippen LogP contribution is 2.24. The Morgan fingerprint density at radius 1 is 1.21 bits per heavy atom. The van der Waals surface area contributed by atoms with E-state index in [9.17, 15) is 4.39 Å². The van der Waals surface area contributed by atoms with Crippen LogP contribution in [0.3, 0.4) is 0 Å². The van der Waals surface area contributed by atoms with E-state index in [2.05, 4.69) is 4.98 Å². The SMILES string of the molecule is Cc1cc(F)cc(-n2c(=S)[nH]c3ccc(Cl)cc32)c1. The number of hydrogen-bond donors (Lipinski definition) is 1. The first kappa shape index (κ1) is 12.4. The first-order chi connectivity index (χ1) is 9.04. The van der Waals surface area contributed by atoms with Gasteiger partial charge in [-0.15, -0.1) is 0 Å². The predicted molar refractivity (Wildman–Crippen MR) is 78.2 cm³/mol. The summed E-state index contributed by atoms with van der Waals surface area (Å²) in [6.45, 7) is 1.85. The van der Waals surface area contributed by atoms with Gasteiger partial charge in [0, 0.05) is 5.02 Å². The smallest absolute Gasteiger partial charge is 0.182 e. The van der Waals surface area contributed by atoms with E-state index in [1.165, 1.54) is 12.1 Å². The molecular weight excluding hydrogens is 283 g/mol. The lowest BCUT2D eigenvalue weighted by Gasteiger charge is -2.06. The fraction of sp³-hybridized carbons (Fsp3) is 0.0714. The van der Waals surface area contributed by atoms with Gasteiger partial charge in [-0.05, 0) is 61.1 Å². The number of fused-ring (bicyclic) bond motifs is 1. The number of aromatic amines is 1. The van der Waals surface area contributed by atoms with Crippen LogP contribution in [-0.4, -0.2) is 9.55 Å². The summed E-state index contributed by atoms with van der Waals surface area (Å²) in [6.07, 6.45) is 0. The standard InChI is InChI=1S/C14H10ClFN2S/c1-8-4-10(16)7-11(5-8)18-13-6-9(15)2-3-12(13)17-14(18)19/h2-7H,1H3,(H,17,19). The minimum absolute atomic E-state index is 0.284. The number of aromatic nitrogens is 2. The van der Waals surface area contributed by atoms with Crippen LogP contribution in [0.1, 0.15) is 5.56 Å². The summed E-state index contributed by atoms with van der Waals surface area (Å²) in [4.78, 5) is 3.09. The molecule has 0 saturated carbocycles. The molecule has 5 heteroatoms. The summed E-state index contributed by atoms with van der Waals surface area (Å²) in [5.74, 6) is -0.284. The average molecular weight is 293 g/mol. The zero-order valence-corrected chi connectivity index (χ0v) is 11.6. The van der Waals surface area contributed by atoms with Gasteiger partial charge in [0.1, 0.15) is 5.82 Å². The number of hydrogen-bond acceptors (Lipinski definition) is 1. The van der Waals surface area contributed by atoms with Crippen molar-refractivity contribution >= 4 is 34.9 Å². The molecule has 0 aliphatic carbocycles. The maximum atomic E-state index is 13.5. The molecule has 0 fully saturated rings. The lowest BCUT2D eigenvalue weighted by Crippen LogP contribution is -1.95. The molecule has 3 aromatic rings. The number of rotatable bonds is 1. The van der Waals surface area contributed by atoms with Crippen molar-refractivity contribution in [1.82, 2.24) is 9.55 Å². The molecule has 0 saturated heterocycles. The van der Waals surface area contributed by atoms with Gasteiger partial charge < -0.3 is 4.98 Å². The summed E-state index contributed by atoms with van der Waals surface area (Å²) in [6, 6.07) is 10.3. The monoisotopic (exact) mass is 292 g/mol. The van der Waals surface area contributed by atoms with E-state index in [1.807, 2.05) is 25.1 Å². The van der Waals surface area contributed by atoms with Crippen molar-refractivity contribution in [1.29, 1.82) is 0 Å².